The molecule has 0 N–H and O–H groups in total. The van der Waals surface area contributed by atoms with E-state index < -0.39 is 0 Å². The van der Waals surface area contributed by atoms with Gasteiger partial charge in [-0.1, -0.05) is 36.4 Å². The van der Waals surface area contributed by atoms with Crippen LogP contribution in [0.15, 0.2) is 35.3 Å². The molecule has 0 bridgehead atoms. The van der Waals surface area contributed by atoms with Gasteiger partial charge in [-0.15, -0.1) is 0 Å². The van der Waals surface area contributed by atoms with Crippen molar-refractivity contribution in [3.05, 3.63) is 35.3 Å². The molecule has 0 saturated heterocycles. The van der Waals surface area contributed by atoms with Crippen molar-refractivity contribution in [1.82, 2.24) is 0 Å². The summed E-state index contributed by atoms with van der Waals surface area (Å²) in [6.07, 6.45) is 3.67. The van der Waals surface area contributed by atoms with Crippen LogP contribution in [0.2, 0.25) is 0 Å². The highest BCUT2D eigenvalue weighted by molar-refractivity contribution is 7.81. The normalized spacial score (nSPS) is 18.5. The summed E-state index contributed by atoms with van der Waals surface area (Å²) in [6, 6.07) is 0. The first-order valence-corrected chi connectivity index (χ1v) is 3.41. The first-order valence-electron chi connectivity index (χ1n) is 3.00. The predicted octanol–water partition coefficient (Wildman–Crippen LogP) is 1.92. The van der Waals surface area contributed by atoms with Crippen molar-refractivity contribution in [2.45, 2.75) is 6.92 Å². The van der Waals surface area contributed by atoms with E-state index in [1.54, 1.807) is 6.08 Å². The van der Waals surface area contributed by atoms with Gasteiger partial charge in [-0.05, 0) is 18.1 Å². The van der Waals surface area contributed by atoms with Crippen molar-refractivity contribution in [2.24, 2.45) is 0 Å². The minimum Gasteiger partial charge on any atom is -0.0923 e. The Morgan fingerprint density at radius 2 is 2.10 bits per heavy atom. The van der Waals surface area contributed by atoms with E-state index in [4.69, 9.17) is 20.1 Å². The molecule has 0 unspecified atom stereocenters. The predicted molar refractivity (Wildman–Crippen MR) is 49.3 cm³/mol. The second-order valence-electron chi connectivity index (χ2n) is 2.32. The molecular formula is C8H7BS. The highest BCUT2D eigenvalue weighted by Gasteiger charge is 2.04. The minimum absolute atomic E-state index is 0.676. The van der Waals surface area contributed by atoms with Crippen LogP contribution in [0.3, 0.4) is 0 Å². The summed E-state index contributed by atoms with van der Waals surface area (Å²) in [5.41, 5.74) is 2.59. The summed E-state index contributed by atoms with van der Waals surface area (Å²) < 4.78 is 0. The highest BCUT2D eigenvalue weighted by atomic mass is 32.1. The van der Waals surface area contributed by atoms with Crippen LogP contribution in [0, 0.1) is 0 Å². The Morgan fingerprint density at radius 1 is 1.50 bits per heavy atom. The molecule has 0 heterocycles. The third kappa shape index (κ3) is 1.27. The van der Waals surface area contributed by atoms with Gasteiger partial charge in [0.05, 0.1) is 0 Å². The minimum atomic E-state index is 0.676. The summed E-state index contributed by atoms with van der Waals surface area (Å²) in [4.78, 5) is 0.810. The second kappa shape index (κ2) is 2.55. The van der Waals surface area contributed by atoms with E-state index in [9.17, 15) is 0 Å². The molecule has 0 aromatic heterocycles. The molecule has 0 fully saturated rings. The molecule has 2 radical (unpaired) electrons. The van der Waals surface area contributed by atoms with Crippen LogP contribution >= 0.6 is 12.2 Å². The van der Waals surface area contributed by atoms with E-state index in [0.717, 1.165) is 16.0 Å². The van der Waals surface area contributed by atoms with Gasteiger partial charge >= 0.3 is 0 Å². The van der Waals surface area contributed by atoms with Crippen LogP contribution in [0.5, 0.6) is 0 Å². The molecule has 1 aliphatic rings. The van der Waals surface area contributed by atoms with E-state index >= 15 is 0 Å². The average Bonchev–Trinajstić information content (AvgIpc) is 1.84. The van der Waals surface area contributed by atoms with Crippen molar-refractivity contribution < 1.29 is 0 Å². The van der Waals surface area contributed by atoms with Gasteiger partial charge in [0.25, 0.3) is 0 Å². The van der Waals surface area contributed by atoms with Gasteiger partial charge < -0.3 is 0 Å². The smallest absolute Gasteiger partial charge is 0.0923 e. The number of allylic oxidation sites excluding steroid dienone is 5. The summed E-state index contributed by atoms with van der Waals surface area (Å²) >= 11 is 4.99. The summed E-state index contributed by atoms with van der Waals surface area (Å²) in [5.74, 6) is 0. The fraction of sp³-hybridized carbons (Fsp3) is 0.125. The number of hydrogen-bond donors (Lipinski definition) is 0. The zero-order chi connectivity index (χ0) is 7.72. The van der Waals surface area contributed by atoms with E-state index in [2.05, 4.69) is 6.58 Å². The Bertz CT molecular complexity index is 230. The molecule has 0 saturated carbocycles. The van der Waals surface area contributed by atoms with Crippen LogP contribution in [0.1, 0.15) is 6.92 Å². The van der Waals surface area contributed by atoms with Crippen LogP contribution in [0.25, 0.3) is 0 Å². The first-order chi connectivity index (χ1) is 4.61. The Hall–Kier alpha value is -0.625. The van der Waals surface area contributed by atoms with Gasteiger partial charge in [-0.25, -0.2) is 0 Å². The summed E-state index contributed by atoms with van der Waals surface area (Å²) in [5, 5.41) is 0. The topological polar surface area (TPSA) is 0 Å². The Kier molecular flexibility index (Phi) is 1.91. The molecule has 0 aliphatic heterocycles. The largest absolute Gasteiger partial charge is 0.114 e. The second-order valence-corrected chi connectivity index (χ2v) is 2.76. The molecule has 1 rings (SSSR count). The average molecular weight is 146 g/mol. The fourth-order valence-electron chi connectivity index (χ4n) is 0.764. The number of rotatable bonds is 0. The van der Waals surface area contributed by atoms with Crippen LogP contribution in [-0.4, -0.2) is 12.7 Å². The molecule has 0 nitrogen and oxygen atoms in total. The van der Waals surface area contributed by atoms with Crippen LogP contribution in [-0.2, 0) is 0 Å². The summed E-state index contributed by atoms with van der Waals surface area (Å²) in [6.45, 7) is 5.71. The Balaban J connectivity index is 3.03. The molecule has 0 aromatic rings. The van der Waals surface area contributed by atoms with Gasteiger partial charge in [0.1, 0.15) is 7.85 Å². The van der Waals surface area contributed by atoms with Crippen molar-refractivity contribution in [2.75, 3.05) is 0 Å². The highest BCUT2D eigenvalue weighted by Crippen LogP contribution is 2.16. The van der Waals surface area contributed by atoms with Crippen molar-refractivity contribution in [3.8, 4) is 0 Å². The van der Waals surface area contributed by atoms with Gasteiger partial charge in [-0.3, -0.25) is 0 Å². The number of thiocarbonyl (C=S) groups is 1. The first kappa shape index (κ1) is 7.48. The lowest BCUT2D eigenvalue weighted by Gasteiger charge is -2.10. The third-order valence-electron chi connectivity index (χ3n) is 1.44. The molecule has 10 heavy (non-hydrogen) atoms. The van der Waals surface area contributed by atoms with Gasteiger partial charge in [0.2, 0.25) is 0 Å². The SMILES string of the molecule is [B]C1=CC(=S)C(C)=CC1=C. The third-order valence-corrected chi connectivity index (χ3v) is 1.88. The van der Waals surface area contributed by atoms with E-state index in [0.29, 0.717) is 5.47 Å². The van der Waals surface area contributed by atoms with Crippen LogP contribution in [0.4, 0.5) is 0 Å². The van der Waals surface area contributed by atoms with Crippen molar-refractivity contribution in [1.29, 1.82) is 0 Å². The maximum atomic E-state index is 5.56. The monoisotopic (exact) mass is 146 g/mol. The number of hydrogen-bond acceptors (Lipinski definition) is 1. The summed E-state index contributed by atoms with van der Waals surface area (Å²) in [7, 11) is 5.56. The van der Waals surface area contributed by atoms with Crippen LogP contribution < -0.4 is 0 Å². The van der Waals surface area contributed by atoms with Gasteiger partial charge in [0, 0.05) is 4.86 Å². The molecule has 0 amide bonds. The molecule has 1 aliphatic carbocycles. The molecule has 0 atom stereocenters. The van der Waals surface area contributed by atoms with E-state index in [1.807, 2.05) is 13.0 Å². The maximum absolute atomic E-state index is 5.56. The zero-order valence-electron chi connectivity index (χ0n) is 5.85. The Labute approximate surface area is 67.7 Å². The molecular weight excluding hydrogens is 139 g/mol. The maximum Gasteiger partial charge on any atom is 0.114 e. The van der Waals surface area contributed by atoms with Gasteiger partial charge in [-0.2, -0.15) is 0 Å². The lowest BCUT2D eigenvalue weighted by molar-refractivity contribution is 1.53. The lowest BCUT2D eigenvalue weighted by Crippen LogP contribution is -2.01. The quantitative estimate of drug-likeness (QED) is 0.371. The van der Waals surface area contributed by atoms with E-state index in [-0.39, 0.29) is 0 Å². The van der Waals surface area contributed by atoms with E-state index in [1.165, 1.54) is 0 Å². The molecule has 0 spiro atoms. The van der Waals surface area contributed by atoms with Crippen molar-refractivity contribution >= 4 is 24.9 Å². The fourth-order valence-corrected chi connectivity index (χ4v) is 0.949. The molecule has 2 heteroatoms. The van der Waals surface area contributed by atoms with Gasteiger partial charge in [0.15, 0.2) is 0 Å². The lowest BCUT2D eigenvalue weighted by atomic mass is 9.83. The molecule has 0 aromatic carbocycles. The zero-order valence-corrected chi connectivity index (χ0v) is 6.66. The van der Waals surface area contributed by atoms with Crippen molar-refractivity contribution in [3.63, 3.8) is 0 Å². The standard InChI is InChI=1S/C8H7BS/c1-5-3-6(2)8(10)4-7(5)9/h3-4H,1H2,2H3. The molecule has 48 valence electrons. The Morgan fingerprint density at radius 3 is 2.60 bits per heavy atom.